The number of carbonyl (C=O) groups is 2. The lowest BCUT2D eigenvalue weighted by Crippen LogP contribution is -2.40. The van der Waals surface area contributed by atoms with Crippen LogP contribution < -0.4 is 24.4 Å². The highest BCUT2D eigenvalue weighted by atomic mass is 35.5. The van der Waals surface area contributed by atoms with Crippen molar-refractivity contribution in [3.63, 3.8) is 0 Å². The normalized spacial score (nSPS) is 14.9. The number of esters is 2. The molecular formula is C28H27ClN2O7S. The first-order valence-electron chi connectivity index (χ1n) is 12.2. The summed E-state index contributed by atoms with van der Waals surface area (Å²) < 4.78 is 23.3. The number of thiazole rings is 1. The highest BCUT2D eigenvalue weighted by molar-refractivity contribution is 7.07. The first-order chi connectivity index (χ1) is 18.8. The van der Waals surface area contributed by atoms with Crippen molar-refractivity contribution in [3.8, 4) is 11.5 Å². The van der Waals surface area contributed by atoms with E-state index in [2.05, 4.69) is 9.73 Å². The van der Waals surface area contributed by atoms with Crippen LogP contribution in [0.2, 0.25) is 5.02 Å². The summed E-state index contributed by atoms with van der Waals surface area (Å²) in [5, 5.41) is 0.590. The number of ether oxygens (including phenoxy) is 4. The van der Waals surface area contributed by atoms with E-state index >= 15 is 0 Å². The van der Waals surface area contributed by atoms with Gasteiger partial charge in [0.2, 0.25) is 0 Å². The summed E-state index contributed by atoms with van der Waals surface area (Å²) in [6, 6.07) is 11.3. The van der Waals surface area contributed by atoms with Gasteiger partial charge >= 0.3 is 11.9 Å². The van der Waals surface area contributed by atoms with Gasteiger partial charge in [-0.1, -0.05) is 41.1 Å². The number of allylic oxidation sites excluding steroid dienone is 1. The van der Waals surface area contributed by atoms with E-state index in [0.29, 0.717) is 43.7 Å². The third-order valence-electron chi connectivity index (χ3n) is 5.84. The molecule has 4 rings (SSSR count). The smallest absolute Gasteiger partial charge is 0.343 e. The zero-order valence-electron chi connectivity index (χ0n) is 21.9. The van der Waals surface area contributed by atoms with Gasteiger partial charge in [-0.2, -0.15) is 0 Å². The van der Waals surface area contributed by atoms with Crippen molar-refractivity contribution in [1.29, 1.82) is 0 Å². The van der Waals surface area contributed by atoms with Crippen LogP contribution in [0.3, 0.4) is 0 Å². The Morgan fingerprint density at radius 1 is 1.08 bits per heavy atom. The predicted molar refractivity (Wildman–Crippen MR) is 147 cm³/mol. The molecule has 2 aromatic carbocycles. The second-order valence-corrected chi connectivity index (χ2v) is 9.80. The lowest BCUT2D eigenvalue weighted by molar-refractivity contribution is -0.143. The number of hydrogen-bond acceptors (Lipinski definition) is 9. The van der Waals surface area contributed by atoms with Gasteiger partial charge in [0.05, 0.1) is 42.2 Å². The zero-order chi connectivity index (χ0) is 28.1. The molecule has 1 aliphatic rings. The van der Waals surface area contributed by atoms with E-state index in [0.717, 1.165) is 5.56 Å². The molecule has 11 heteroatoms. The molecule has 3 aromatic rings. The molecule has 1 aromatic heterocycles. The Bertz CT molecular complexity index is 1610. The molecule has 9 nitrogen and oxygen atoms in total. The standard InChI is InChI=1S/C28H27ClN2O7S/c1-5-36-21-14-18(9-12-20(21)38-15-23(32)35-4)25-24(27(34)37-6-2)16(3)30-28-31(25)26(33)22(39-28)13-17-7-10-19(29)11-8-17/h7-14,25H,5-6,15H2,1-4H3/b22-13-/t25-/m0/s1. The van der Waals surface area contributed by atoms with Crippen LogP contribution in [0.1, 0.15) is 37.9 Å². The van der Waals surface area contributed by atoms with Gasteiger partial charge in [0.1, 0.15) is 0 Å². The lowest BCUT2D eigenvalue weighted by atomic mass is 9.95. The fourth-order valence-electron chi connectivity index (χ4n) is 4.10. The van der Waals surface area contributed by atoms with E-state index in [1.807, 2.05) is 19.1 Å². The number of halogens is 1. The van der Waals surface area contributed by atoms with Crippen molar-refractivity contribution < 1.29 is 28.5 Å². The van der Waals surface area contributed by atoms with Crippen LogP contribution >= 0.6 is 22.9 Å². The third-order valence-corrected chi connectivity index (χ3v) is 7.08. The minimum Gasteiger partial charge on any atom is -0.490 e. The molecule has 1 aliphatic heterocycles. The van der Waals surface area contributed by atoms with E-state index in [4.69, 9.17) is 25.8 Å². The van der Waals surface area contributed by atoms with Gasteiger partial charge in [-0.15, -0.1) is 0 Å². The number of carbonyl (C=O) groups excluding carboxylic acids is 2. The molecule has 0 fully saturated rings. The van der Waals surface area contributed by atoms with Crippen molar-refractivity contribution in [2.24, 2.45) is 4.99 Å². The largest absolute Gasteiger partial charge is 0.490 e. The summed E-state index contributed by atoms with van der Waals surface area (Å²) in [5.41, 5.74) is 1.76. The molecule has 0 spiro atoms. The summed E-state index contributed by atoms with van der Waals surface area (Å²) in [6.07, 6.45) is 1.76. The number of fused-ring (bicyclic) bond motifs is 1. The van der Waals surface area contributed by atoms with Crippen LogP contribution in [0.4, 0.5) is 0 Å². The number of nitrogens with zero attached hydrogens (tertiary/aromatic N) is 2. The van der Waals surface area contributed by atoms with Gasteiger partial charge in [0.25, 0.3) is 5.56 Å². The van der Waals surface area contributed by atoms with Crippen LogP contribution in [-0.2, 0) is 19.1 Å². The summed E-state index contributed by atoms with van der Waals surface area (Å²) in [4.78, 5) is 43.6. The van der Waals surface area contributed by atoms with Crippen LogP contribution in [-0.4, -0.2) is 43.4 Å². The average Bonchev–Trinajstić information content (AvgIpc) is 3.22. The number of methoxy groups -OCH3 is 1. The van der Waals surface area contributed by atoms with Crippen LogP contribution in [0.25, 0.3) is 6.08 Å². The molecule has 0 radical (unpaired) electrons. The number of aromatic nitrogens is 1. The second-order valence-electron chi connectivity index (χ2n) is 8.36. The van der Waals surface area contributed by atoms with Crippen molar-refractivity contribution >= 4 is 41.0 Å². The highest BCUT2D eigenvalue weighted by Crippen LogP contribution is 2.36. The Hall–Kier alpha value is -3.89. The summed E-state index contributed by atoms with van der Waals surface area (Å²) in [5.74, 6) is -0.447. The summed E-state index contributed by atoms with van der Waals surface area (Å²) >= 11 is 7.23. The first-order valence-corrected chi connectivity index (χ1v) is 13.4. The van der Waals surface area contributed by atoms with Gasteiger partial charge in [-0.3, -0.25) is 9.36 Å². The van der Waals surface area contributed by atoms with E-state index in [1.165, 1.54) is 23.0 Å². The average molecular weight is 571 g/mol. The topological polar surface area (TPSA) is 105 Å². The zero-order valence-corrected chi connectivity index (χ0v) is 23.4. The second kappa shape index (κ2) is 12.3. The van der Waals surface area contributed by atoms with Gasteiger partial charge < -0.3 is 18.9 Å². The minimum absolute atomic E-state index is 0.161. The maximum absolute atomic E-state index is 13.8. The monoisotopic (exact) mass is 570 g/mol. The molecule has 39 heavy (non-hydrogen) atoms. The molecule has 204 valence electrons. The summed E-state index contributed by atoms with van der Waals surface area (Å²) in [7, 11) is 1.27. The Morgan fingerprint density at radius 3 is 2.49 bits per heavy atom. The maximum Gasteiger partial charge on any atom is 0.343 e. The van der Waals surface area contributed by atoms with Gasteiger partial charge in [-0.25, -0.2) is 14.6 Å². The quantitative estimate of drug-likeness (QED) is 0.363. The Morgan fingerprint density at radius 2 is 1.82 bits per heavy atom. The SMILES string of the molecule is CCOC(=O)C1=C(C)N=c2s/c(=C\c3ccc(Cl)cc3)c(=O)n2[C@H]1c1ccc(OCC(=O)OC)c(OCC)c1. The number of benzene rings is 2. The highest BCUT2D eigenvalue weighted by Gasteiger charge is 2.34. The van der Waals surface area contributed by atoms with Crippen molar-refractivity contribution in [3.05, 3.63) is 89.6 Å². The van der Waals surface area contributed by atoms with Crippen LogP contribution in [0, 0.1) is 0 Å². The molecule has 0 saturated heterocycles. The molecule has 0 aliphatic carbocycles. The summed E-state index contributed by atoms with van der Waals surface area (Å²) in [6.45, 7) is 5.42. The molecule has 0 saturated carbocycles. The fraction of sp³-hybridized carbons (Fsp3) is 0.286. The van der Waals surface area contributed by atoms with E-state index < -0.39 is 18.0 Å². The molecule has 0 N–H and O–H groups in total. The fourth-order valence-corrected chi connectivity index (χ4v) is 5.27. The predicted octanol–water partition coefficient (Wildman–Crippen LogP) is 3.40. The third kappa shape index (κ3) is 6.07. The number of rotatable bonds is 9. The molecule has 1 atom stereocenters. The van der Waals surface area contributed by atoms with E-state index in [-0.39, 0.29) is 24.3 Å². The molecule has 2 heterocycles. The van der Waals surface area contributed by atoms with Crippen LogP contribution in [0.5, 0.6) is 11.5 Å². The Kier molecular flexibility index (Phi) is 8.88. The Labute approximate surface area is 233 Å². The number of hydrogen-bond donors (Lipinski definition) is 0. The minimum atomic E-state index is -0.832. The lowest BCUT2D eigenvalue weighted by Gasteiger charge is -2.25. The Balaban J connectivity index is 1.89. The van der Waals surface area contributed by atoms with Crippen LogP contribution in [0.15, 0.2) is 63.5 Å². The first kappa shape index (κ1) is 28.1. The van der Waals surface area contributed by atoms with Gasteiger partial charge in [0.15, 0.2) is 22.9 Å². The van der Waals surface area contributed by atoms with Gasteiger partial charge in [-0.05, 0) is 62.2 Å². The molecule has 0 unspecified atom stereocenters. The maximum atomic E-state index is 13.8. The van der Waals surface area contributed by atoms with Gasteiger partial charge in [0, 0.05) is 5.02 Å². The molecule has 0 bridgehead atoms. The van der Waals surface area contributed by atoms with Crippen molar-refractivity contribution in [1.82, 2.24) is 4.57 Å². The van der Waals surface area contributed by atoms with Crippen molar-refractivity contribution in [2.75, 3.05) is 26.9 Å². The van der Waals surface area contributed by atoms with E-state index in [1.54, 1.807) is 50.3 Å². The van der Waals surface area contributed by atoms with Crippen molar-refractivity contribution in [2.45, 2.75) is 26.8 Å². The van der Waals surface area contributed by atoms with E-state index in [9.17, 15) is 14.4 Å². The molecular weight excluding hydrogens is 544 g/mol. The molecule has 0 amide bonds.